The van der Waals surface area contributed by atoms with Gasteiger partial charge in [-0.2, -0.15) is 0 Å². The molecule has 3 fully saturated rings. The second-order valence-electron chi connectivity index (χ2n) is 11.8. The minimum Gasteiger partial charge on any atom is -0.371 e. The number of hydrogen-bond donors (Lipinski definition) is 0. The number of likely N-dealkylation sites (N-methyl/N-ethyl adjacent to an activating group) is 1. The number of carbonyl (C=O) groups excluding carboxylic acids is 2. The molecule has 1 saturated heterocycles. The standard InChI is InChI=1S/C25H41N5O3/c1-24(2,3)33-18-14-20(22(31)28(5)6)29(15-18)23(32)21(25(4)12-8-7-9-13-25)30-16-19(26-27-30)17-10-11-17/h16-18,20-21H,7-15H2,1-6H3/t18-,20+,21?/m1/s1. The normalized spacial score (nSPS) is 26.3. The number of rotatable bonds is 6. The van der Waals surface area contributed by atoms with Crippen LogP contribution in [-0.4, -0.2) is 75.0 Å². The zero-order chi connectivity index (χ0) is 24.0. The summed E-state index contributed by atoms with van der Waals surface area (Å²) in [6.45, 7) is 8.69. The molecule has 8 heteroatoms. The summed E-state index contributed by atoms with van der Waals surface area (Å²) >= 11 is 0. The van der Waals surface area contributed by atoms with Gasteiger partial charge in [-0.05, 0) is 51.9 Å². The molecule has 1 unspecified atom stereocenters. The minimum absolute atomic E-state index is 0.0214. The fourth-order valence-electron chi connectivity index (χ4n) is 5.66. The van der Waals surface area contributed by atoms with Crippen molar-refractivity contribution < 1.29 is 14.3 Å². The predicted molar refractivity (Wildman–Crippen MR) is 126 cm³/mol. The molecule has 1 aromatic rings. The molecule has 3 aliphatic rings. The van der Waals surface area contributed by atoms with Gasteiger partial charge in [0.2, 0.25) is 11.8 Å². The number of nitrogens with zero attached hydrogens (tertiary/aromatic N) is 5. The highest BCUT2D eigenvalue weighted by atomic mass is 16.5. The maximum absolute atomic E-state index is 14.3. The summed E-state index contributed by atoms with van der Waals surface area (Å²) in [6, 6.07) is -0.968. The SMILES string of the molecule is CN(C)C(=O)[C@@H]1C[C@@H](OC(C)(C)C)CN1C(=O)C(n1cc(C2CC2)nn1)C1(C)CCCCC1. The summed E-state index contributed by atoms with van der Waals surface area (Å²) in [4.78, 5) is 30.8. The average Bonchev–Trinajstić information content (AvgIpc) is 3.33. The van der Waals surface area contributed by atoms with Crippen LogP contribution in [0.4, 0.5) is 0 Å². The molecular formula is C25H41N5O3. The van der Waals surface area contributed by atoms with E-state index < -0.39 is 12.1 Å². The van der Waals surface area contributed by atoms with E-state index in [1.807, 2.05) is 31.6 Å². The van der Waals surface area contributed by atoms with Gasteiger partial charge >= 0.3 is 0 Å². The molecule has 2 amide bonds. The van der Waals surface area contributed by atoms with Gasteiger partial charge < -0.3 is 14.5 Å². The Hall–Kier alpha value is -1.96. The van der Waals surface area contributed by atoms with Crippen molar-refractivity contribution in [3.8, 4) is 0 Å². The van der Waals surface area contributed by atoms with Gasteiger partial charge in [0.05, 0.1) is 17.4 Å². The van der Waals surface area contributed by atoms with Crippen LogP contribution >= 0.6 is 0 Å². The van der Waals surface area contributed by atoms with Crippen molar-refractivity contribution in [1.82, 2.24) is 24.8 Å². The smallest absolute Gasteiger partial charge is 0.248 e. The third-order valence-electron chi connectivity index (χ3n) is 7.47. The molecule has 184 valence electrons. The van der Waals surface area contributed by atoms with Gasteiger partial charge in [-0.1, -0.05) is 31.4 Å². The van der Waals surface area contributed by atoms with E-state index in [2.05, 4.69) is 17.2 Å². The highest BCUT2D eigenvalue weighted by molar-refractivity contribution is 5.90. The van der Waals surface area contributed by atoms with E-state index in [0.717, 1.165) is 44.2 Å². The molecule has 4 rings (SSSR count). The minimum atomic E-state index is -0.513. The maximum Gasteiger partial charge on any atom is 0.248 e. The summed E-state index contributed by atoms with van der Waals surface area (Å²) in [5.74, 6) is 0.410. The van der Waals surface area contributed by atoms with Gasteiger partial charge in [-0.3, -0.25) is 9.59 Å². The number of carbonyl (C=O) groups is 2. The Kier molecular flexibility index (Phi) is 6.60. The Labute approximate surface area is 198 Å². The van der Waals surface area contributed by atoms with E-state index in [1.54, 1.807) is 23.9 Å². The molecule has 1 aliphatic heterocycles. The van der Waals surface area contributed by atoms with E-state index in [1.165, 1.54) is 6.42 Å². The summed E-state index contributed by atoms with van der Waals surface area (Å²) in [5.41, 5.74) is 0.442. The van der Waals surface area contributed by atoms with Crippen LogP contribution < -0.4 is 0 Å². The van der Waals surface area contributed by atoms with Crippen LogP contribution in [-0.2, 0) is 14.3 Å². The molecule has 1 aromatic heterocycles. The summed E-state index contributed by atoms with van der Waals surface area (Å²) in [5, 5.41) is 8.89. The summed E-state index contributed by atoms with van der Waals surface area (Å²) in [6.07, 6.45) is 10.0. The zero-order valence-electron chi connectivity index (χ0n) is 21.2. The first kappa shape index (κ1) is 24.2. The summed E-state index contributed by atoms with van der Waals surface area (Å²) < 4.78 is 8.06. The van der Waals surface area contributed by atoms with Crippen LogP contribution in [0, 0.1) is 5.41 Å². The lowest BCUT2D eigenvalue weighted by Crippen LogP contribution is -2.51. The number of amides is 2. The third-order valence-corrected chi connectivity index (χ3v) is 7.47. The summed E-state index contributed by atoms with van der Waals surface area (Å²) in [7, 11) is 3.50. The first-order chi connectivity index (χ1) is 15.5. The van der Waals surface area contributed by atoms with Crippen LogP contribution in [0.3, 0.4) is 0 Å². The fraction of sp³-hybridized carbons (Fsp3) is 0.840. The first-order valence-corrected chi connectivity index (χ1v) is 12.6. The number of aromatic nitrogens is 3. The molecule has 0 spiro atoms. The van der Waals surface area contributed by atoms with Crippen LogP contribution in [0.2, 0.25) is 0 Å². The molecular weight excluding hydrogens is 418 g/mol. The second-order valence-corrected chi connectivity index (χ2v) is 11.8. The molecule has 2 heterocycles. The quantitative estimate of drug-likeness (QED) is 0.650. The van der Waals surface area contributed by atoms with Gasteiger partial charge in [-0.25, -0.2) is 4.68 Å². The Bertz CT molecular complexity index is 864. The molecule has 0 bridgehead atoms. The van der Waals surface area contributed by atoms with Crippen molar-refractivity contribution in [2.24, 2.45) is 5.41 Å². The van der Waals surface area contributed by atoms with Gasteiger partial charge in [0, 0.05) is 39.2 Å². The highest BCUT2D eigenvalue weighted by Crippen LogP contribution is 2.47. The van der Waals surface area contributed by atoms with E-state index in [-0.39, 0.29) is 28.9 Å². The van der Waals surface area contributed by atoms with Crippen molar-refractivity contribution in [2.45, 2.75) is 109 Å². The van der Waals surface area contributed by atoms with E-state index >= 15 is 0 Å². The van der Waals surface area contributed by atoms with Crippen LogP contribution in [0.1, 0.15) is 96.7 Å². The van der Waals surface area contributed by atoms with Crippen LogP contribution in [0.25, 0.3) is 0 Å². The van der Waals surface area contributed by atoms with Gasteiger partial charge in [0.25, 0.3) is 0 Å². The molecule has 2 saturated carbocycles. The van der Waals surface area contributed by atoms with E-state index in [9.17, 15) is 9.59 Å². The number of hydrogen-bond acceptors (Lipinski definition) is 5. The monoisotopic (exact) mass is 459 g/mol. The highest BCUT2D eigenvalue weighted by Gasteiger charge is 2.49. The zero-order valence-corrected chi connectivity index (χ0v) is 21.2. The van der Waals surface area contributed by atoms with Crippen LogP contribution in [0.5, 0.6) is 0 Å². The largest absolute Gasteiger partial charge is 0.371 e. The molecule has 0 radical (unpaired) electrons. The Morgan fingerprint density at radius 3 is 2.42 bits per heavy atom. The molecule has 0 N–H and O–H groups in total. The van der Waals surface area contributed by atoms with Crippen LogP contribution in [0.15, 0.2) is 6.20 Å². The Morgan fingerprint density at radius 1 is 1.18 bits per heavy atom. The lowest BCUT2D eigenvalue weighted by atomic mass is 9.70. The van der Waals surface area contributed by atoms with Gasteiger partial charge in [0.1, 0.15) is 12.1 Å². The van der Waals surface area contributed by atoms with Crippen molar-refractivity contribution in [2.75, 3.05) is 20.6 Å². The van der Waals surface area contributed by atoms with Crippen molar-refractivity contribution in [3.63, 3.8) is 0 Å². The Balaban J connectivity index is 1.67. The third kappa shape index (κ3) is 5.26. The fourth-order valence-corrected chi connectivity index (χ4v) is 5.66. The number of likely N-dealkylation sites (tertiary alicyclic amines) is 1. The van der Waals surface area contributed by atoms with E-state index in [4.69, 9.17) is 4.74 Å². The lowest BCUT2D eigenvalue weighted by molar-refractivity contribution is -0.148. The van der Waals surface area contributed by atoms with Gasteiger partial charge in [-0.15, -0.1) is 5.10 Å². The van der Waals surface area contributed by atoms with Gasteiger partial charge in [0.15, 0.2) is 0 Å². The molecule has 0 aromatic carbocycles. The van der Waals surface area contributed by atoms with E-state index in [0.29, 0.717) is 18.9 Å². The van der Waals surface area contributed by atoms with Crippen molar-refractivity contribution in [3.05, 3.63) is 11.9 Å². The maximum atomic E-state index is 14.3. The first-order valence-electron chi connectivity index (χ1n) is 12.6. The average molecular weight is 460 g/mol. The Morgan fingerprint density at radius 2 is 1.85 bits per heavy atom. The molecule has 8 nitrogen and oxygen atoms in total. The topological polar surface area (TPSA) is 80.6 Å². The second kappa shape index (κ2) is 9.01. The number of ether oxygens (including phenoxy) is 1. The molecule has 33 heavy (non-hydrogen) atoms. The van der Waals surface area contributed by atoms with Crippen molar-refractivity contribution >= 4 is 11.8 Å². The molecule has 3 atom stereocenters. The lowest BCUT2D eigenvalue weighted by Gasteiger charge is -2.41. The predicted octanol–water partition coefficient (Wildman–Crippen LogP) is 3.54. The van der Waals surface area contributed by atoms with Crippen molar-refractivity contribution in [1.29, 1.82) is 0 Å². The molecule has 2 aliphatic carbocycles.